The van der Waals surface area contributed by atoms with E-state index in [4.69, 9.17) is 11.2 Å². The fourth-order valence-corrected chi connectivity index (χ4v) is 4.28. The Morgan fingerprint density at radius 1 is 1.18 bits per heavy atom. The van der Waals surface area contributed by atoms with Crippen molar-refractivity contribution in [2.24, 2.45) is 0 Å². The zero-order valence-electron chi connectivity index (χ0n) is 18.7. The molecule has 172 valence electrons. The minimum absolute atomic E-state index is 0.00721. The topological polar surface area (TPSA) is 70.7 Å². The summed E-state index contributed by atoms with van der Waals surface area (Å²) in [7, 11) is 0. The van der Waals surface area contributed by atoms with Gasteiger partial charge in [-0.3, -0.25) is 4.79 Å². The van der Waals surface area contributed by atoms with Gasteiger partial charge >= 0.3 is 6.03 Å². The zero-order valence-corrected chi connectivity index (χ0v) is 18.7. The molecule has 1 atom stereocenters. The van der Waals surface area contributed by atoms with Gasteiger partial charge in [-0.1, -0.05) is 24.1 Å². The highest BCUT2D eigenvalue weighted by atomic mass is 19.1. The second kappa shape index (κ2) is 9.63. The summed E-state index contributed by atoms with van der Waals surface area (Å²) in [5.74, 6) is 2.36. The minimum atomic E-state index is -1.48. The number of likely N-dealkylation sites (tertiary alicyclic amines) is 1. The minimum Gasteiger partial charge on any atom is -0.379 e. The van der Waals surface area contributed by atoms with E-state index in [0.717, 1.165) is 12.0 Å². The molecule has 2 saturated heterocycles. The second-order valence-electron chi connectivity index (χ2n) is 8.67. The van der Waals surface area contributed by atoms with Crippen LogP contribution in [0, 0.1) is 19.3 Å². The van der Waals surface area contributed by atoms with Gasteiger partial charge in [0.15, 0.2) is 0 Å². The van der Waals surface area contributed by atoms with Gasteiger partial charge in [0.25, 0.3) is 5.91 Å². The van der Waals surface area contributed by atoms with Crippen molar-refractivity contribution in [1.82, 2.24) is 10.2 Å². The van der Waals surface area contributed by atoms with Crippen LogP contribution in [-0.2, 0) is 10.4 Å². The number of aryl methyl sites for hydroxylation is 1. The number of anilines is 1. The van der Waals surface area contributed by atoms with Crippen molar-refractivity contribution >= 4 is 17.6 Å². The normalized spacial score (nSPS) is 19.5. The van der Waals surface area contributed by atoms with Crippen LogP contribution in [0.25, 0.3) is 0 Å². The molecule has 2 aromatic rings. The Morgan fingerprint density at radius 2 is 1.91 bits per heavy atom. The van der Waals surface area contributed by atoms with E-state index in [9.17, 15) is 9.59 Å². The molecule has 2 fully saturated rings. The summed E-state index contributed by atoms with van der Waals surface area (Å²) in [4.78, 5) is 27.1. The molecule has 0 aromatic heterocycles. The number of alkyl halides is 1. The Labute approximate surface area is 193 Å². The summed E-state index contributed by atoms with van der Waals surface area (Å²) in [5.41, 5.74) is 1.71. The predicted octanol–water partition coefficient (Wildman–Crippen LogP) is 3.99. The molecular weight excluding hydrogens is 421 g/mol. The molecule has 7 heteroatoms. The van der Waals surface area contributed by atoms with E-state index in [0.29, 0.717) is 48.7 Å². The first-order valence-corrected chi connectivity index (χ1v) is 11.2. The SMILES string of the molecule is C#Cc1ccc(C2(F)CCN(C(=O)c3ccc(C)c(NC(=O)NC4CCOC4)c3)CC2)cc1. The average molecular weight is 450 g/mol. The first-order valence-electron chi connectivity index (χ1n) is 11.2. The van der Waals surface area contributed by atoms with Crippen LogP contribution in [0.15, 0.2) is 42.5 Å². The number of rotatable bonds is 4. The number of piperidine rings is 1. The molecule has 0 bridgehead atoms. The quantitative estimate of drug-likeness (QED) is 0.694. The summed E-state index contributed by atoms with van der Waals surface area (Å²) in [6, 6.07) is 11.8. The van der Waals surface area contributed by atoms with Crippen LogP contribution in [0.2, 0.25) is 0 Å². The van der Waals surface area contributed by atoms with Gasteiger partial charge in [-0.2, -0.15) is 0 Å². The van der Waals surface area contributed by atoms with Gasteiger partial charge in [0, 0.05) is 49.4 Å². The third-order valence-electron chi connectivity index (χ3n) is 6.41. The Kier molecular flexibility index (Phi) is 6.66. The second-order valence-corrected chi connectivity index (χ2v) is 8.67. The molecule has 0 aliphatic carbocycles. The summed E-state index contributed by atoms with van der Waals surface area (Å²) in [5, 5.41) is 5.70. The molecule has 2 aliphatic heterocycles. The molecule has 2 aliphatic rings. The van der Waals surface area contributed by atoms with E-state index in [-0.39, 0.29) is 30.8 Å². The molecule has 0 spiro atoms. The lowest BCUT2D eigenvalue weighted by Gasteiger charge is -2.37. The van der Waals surface area contributed by atoms with Crippen molar-refractivity contribution in [3.8, 4) is 12.3 Å². The molecule has 2 N–H and O–H groups in total. The molecule has 33 heavy (non-hydrogen) atoms. The smallest absolute Gasteiger partial charge is 0.319 e. The lowest BCUT2D eigenvalue weighted by Crippen LogP contribution is -2.43. The number of nitrogens with zero attached hydrogens (tertiary/aromatic N) is 1. The molecule has 3 amide bonds. The molecule has 6 nitrogen and oxygen atoms in total. The van der Waals surface area contributed by atoms with Gasteiger partial charge in [-0.25, -0.2) is 9.18 Å². The Hall–Kier alpha value is -3.37. The summed E-state index contributed by atoms with van der Waals surface area (Å²) in [6.07, 6.45) is 6.60. The van der Waals surface area contributed by atoms with Crippen molar-refractivity contribution in [3.63, 3.8) is 0 Å². The van der Waals surface area contributed by atoms with Gasteiger partial charge in [-0.15, -0.1) is 6.42 Å². The number of hydrogen-bond donors (Lipinski definition) is 2. The number of carbonyl (C=O) groups excluding carboxylic acids is 2. The molecule has 0 radical (unpaired) electrons. The maximum absolute atomic E-state index is 15.6. The third-order valence-corrected chi connectivity index (χ3v) is 6.41. The highest BCUT2D eigenvalue weighted by Crippen LogP contribution is 2.37. The van der Waals surface area contributed by atoms with Crippen LogP contribution in [-0.4, -0.2) is 49.2 Å². The number of benzene rings is 2. The maximum Gasteiger partial charge on any atom is 0.319 e. The molecule has 4 rings (SSSR count). The maximum atomic E-state index is 15.6. The number of nitrogens with one attached hydrogen (secondary N) is 2. The van der Waals surface area contributed by atoms with Crippen molar-refractivity contribution in [3.05, 3.63) is 64.7 Å². The fraction of sp³-hybridized carbons (Fsp3) is 0.385. The number of amides is 3. The van der Waals surface area contributed by atoms with Crippen LogP contribution in [0.5, 0.6) is 0 Å². The van der Waals surface area contributed by atoms with Crippen molar-refractivity contribution in [2.75, 3.05) is 31.6 Å². The largest absolute Gasteiger partial charge is 0.379 e. The lowest BCUT2D eigenvalue weighted by molar-refractivity contribution is 0.0421. The number of halogens is 1. The number of urea groups is 1. The Balaban J connectivity index is 1.39. The van der Waals surface area contributed by atoms with Gasteiger partial charge in [0.05, 0.1) is 12.6 Å². The number of terminal acetylenes is 1. The standard InChI is InChI=1S/C26H28FN3O3/c1-3-19-5-8-21(9-6-19)26(27)11-13-30(14-12-26)24(31)20-7-4-18(2)23(16-20)29-25(32)28-22-10-15-33-17-22/h1,4-9,16,22H,10-15,17H2,2H3,(H2,28,29,32). The van der Waals surface area contributed by atoms with E-state index < -0.39 is 5.67 Å². The van der Waals surface area contributed by atoms with Crippen LogP contribution >= 0.6 is 0 Å². The van der Waals surface area contributed by atoms with Crippen molar-refractivity contribution in [1.29, 1.82) is 0 Å². The van der Waals surface area contributed by atoms with Gasteiger partial charge in [0.1, 0.15) is 5.67 Å². The highest BCUT2D eigenvalue weighted by Gasteiger charge is 2.37. The van der Waals surface area contributed by atoms with Crippen LogP contribution in [0.3, 0.4) is 0 Å². The molecule has 2 aromatic carbocycles. The van der Waals surface area contributed by atoms with E-state index in [1.807, 2.05) is 6.92 Å². The highest BCUT2D eigenvalue weighted by molar-refractivity contribution is 5.97. The number of hydrogen-bond acceptors (Lipinski definition) is 3. The van der Waals surface area contributed by atoms with Gasteiger partial charge < -0.3 is 20.3 Å². The van der Waals surface area contributed by atoms with Gasteiger partial charge in [0.2, 0.25) is 0 Å². The zero-order chi connectivity index (χ0) is 23.4. The number of carbonyl (C=O) groups is 2. The van der Waals surface area contributed by atoms with E-state index >= 15 is 4.39 Å². The fourth-order valence-electron chi connectivity index (χ4n) is 4.28. The predicted molar refractivity (Wildman–Crippen MR) is 125 cm³/mol. The Morgan fingerprint density at radius 3 is 2.55 bits per heavy atom. The summed E-state index contributed by atoms with van der Waals surface area (Å²) < 4.78 is 20.8. The molecule has 1 unspecified atom stereocenters. The number of ether oxygens (including phenoxy) is 1. The molecular formula is C26H28FN3O3. The van der Waals surface area contributed by atoms with Crippen LogP contribution in [0.1, 0.15) is 46.3 Å². The van der Waals surface area contributed by atoms with Gasteiger partial charge in [-0.05, 0) is 48.7 Å². The monoisotopic (exact) mass is 449 g/mol. The van der Waals surface area contributed by atoms with E-state index in [1.165, 1.54) is 0 Å². The first kappa shape index (κ1) is 22.8. The Bertz CT molecular complexity index is 1060. The summed E-state index contributed by atoms with van der Waals surface area (Å²) >= 11 is 0. The average Bonchev–Trinajstić information content (AvgIpc) is 3.33. The third kappa shape index (κ3) is 5.18. The van der Waals surface area contributed by atoms with E-state index in [2.05, 4.69) is 16.6 Å². The first-order chi connectivity index (χ1) is 15.9. The summed E-state index contributed by atoms with van der Waals surface area (Å²) in [6.45, 7) is 3.63. The van der Waals surface area contributed by atoms with Crippen molar-refractivity contribution < 1.29 is 18.7 Å². The molecule has 2 heterocycles. The molecule has 0 saturated carbocycles. The van der Waals surface area contributed by atoms with Crippen molar-refractivity contribution in [2.45, 2.75) is 37.9 Å². The van der Waals surface area contributed by atoms with Crippen LogP contribution in [0.4, 0.5) is 14.9 Å². The van der Waals surface area contributed by atoms with E-state index in [1.54, 1.807) is 47.4 Å². The lowest BCUT2D eigenvalue weighted by atomic mass is 9.85. The van der Waals surface area contributed by atoms with Crippen LogP contribution < -0.4 is 10.6 Å².